The fraction of sp³-hybridized carbons (Fsp3) is 0.353. The molecule has 0 saturated carbocycles. The van der Waals surface area contributed by atoms with Gasteiger partial charge in [0, 0.05) is 37.7 Å². The monoisotopic (exact) mass is 302 g/mol. The lowest BCUT2D eigenvalue weighted by molar-refractivity contribution is 0.170. The Bertz CT molecular complexity index is 613. The van der Waals surface area contributed by atoms with Crippen LogP contribution in [0.15, 0.2) is 42.7 Å². The molecular formula is C17H19FN2O2. The van der Waals surface area contributed by atoms with Crippen molar-refractivity contribution in [3.8, 4) is 5.75 Å². The number of hydrogen-bond donors (Lipinski definition) is 1. The van der Waals surface area contributed by atoms with Crippen molar-refractivity contribution in [2.75, 3.05) is 18.0 Å². The van der Waals surface area contributed by atoms with E-state index in [1.807, 2.05) is 17.0 Å². The number of aliphatic hydroxyl groups is 1. The van der Waals surface area contributed by atoms with Gasteiger partial charge < -0.3 is 14.7 Å². The molecule has 1 aliphatic rings. The molecule has 1 saturated heterocycles. The van der Waals surface area contributed by atoms with Gasteiger partial charge >= 0.3 is 0 Å². The van der Waals surface area contributed by atoms with Crippen LogP contribution in [0.5, 0.6) is 5.75 Å². The van der Waals surface area contributed by atoms with Crippen LogP contribution in [0.3, 0.4) is 0 Å². The van der Waals surface area contributed by atoms with Crippen LogP contribution >= 0.6 is 0 Å². The van der Waals surface area contributed by atoms with Gasteiger partial charge in [-0.2, -0.15) is 0 Å². The highest BCUT2D eigenvalue weighted by Crippen LogP contribution is 2.26. The standard InChI is InChI=1S/C17H19FN2O2/c18-17-13(12-21)3-1-5-16(17)20-9-6-14(7-10-20)22-15-4-2-8-19-11-15/h1-5,8,11,14,21H,6-7,9-10,12H2. The highest BCUT2D eigenvalue weighted by atomic mass is 19.1. The topological polar surface area (TPSA) is 45.6 Å². The summed E-state index contributed by atoms with van der Waals surface area (Å²) in [7, 11) is 0. The molecule has 1 fully saturated rings. The van der Waals surface area contributed by atoms with Crippen LogP contribution < -0.4 is 9.64 Å². The van der Waals surface area contributed by atoms with Crippen molar-refractivity contribution < 1.29 is 14.2 Å². The third-order valence-electron chi connectivity index (χ3n) is 3.95. The summed E-state index contributed by atoms with van der Waals surface area (Å²) in [6, 6.07) is 8.89. The molecule has 0 aliphatic carbocycles. The number of aliphatic hydroxyl groups excluding tert-OH is 1. The number of ether oxygens (including phenoxy) is 1. The van der Waals surface area contributed by atoms with E-state index in [4.69, 9.17) is 9.84 Å². The SMILES string of the molecule is OCc1cccc(N2CCC(Oc3cccnc3)CC2)c1F. The lowest BCUT2D eigenvalue weighted by Crippen LogP contribution is -2.38. The van der Waals surface area contributed by atoms with Crippen molar-refractivity contribution in [2.24, 2.45) is 0 Å². The van der Waals surface area contributed by atoms with Gasteiger partial charge in [-0.3, -0.25) is 4.98 Å². The number of pyridine rings is 1. The summed E-state index contributed by atoms with van der Waals surface area (Å²) in [4.78, 5) is 6.05. The lowest BCUT2D eigenvalue weighted by Gasteiger charge is -2.34. The molecule has 1 aromatic heterocycles. The fourth-order valence-electron chi connectivity index (χ4n) is 2.76. The second kappa shape index (κ2) is 6.75. The van der Waals surface area contributed by atoms with E-state index < -0.39 is 0 Å². The van der Waals surface area contributed by atoms with Crippen LogP contribution in [-0.2, 0) is 6.61 Å². The van der Waals surface area contributed by atoms with Gasteiger partial charge in [0.2, 0.25) is 0 Å². The van der Waals surface area contributed by atoms with Gasteiger partial charge in [-0.05, 0) is 18.2 Å². The van der Waals surface area contributed by atoms with E-state index in [2.05, 4.69) is 4.98 Å². The second-order valence-corrected chi connectivity index (χ2v) is 5.40. The van der Waals surface area contributed by atoms with Crippen LogP contribution in [0.1, 0.15) is 18.4 Å². The number of hydrogen-bond acceptors (Lipinski definition) is 4. The zero-order valence-corrected chi connectivity index (χ0v) is 12.3. The van der Waals surface area contributed by atoms with E-state index in [9.17, 15) is 4.39 Å². The van der Waals surface area contributed by atoms with E-state index in [-0.39, 0.29) is 18.5 Å². The molecular weight excluding hydrogens is 283 g/mol. The van der Waals surface area contributed by atoms with Crippen LogP contribution in [0.25, 0.3) is 0 Å². The van der Waals surface area contributed by atoms with Crippen molar-refractivity contribution >= 4 is 5.69 Å². The molecule has 0 atom stereocenters. The number of rotatable bonds is 4. The molecule has 1 aliphatic heterocycles. The molecule has 0 spiro atoms. The van der Waals surface area contributed by atoms with Gasteiger partial charge in [-0.25, -0.2) is 4.39 Å². The zero-order chi connectivity index (χ0) is 15.4. The largest absolute Gasteiger partial charge is 0.489 e. The third-order valence-corrected chi connectivity index (χ3v) is 3.95. The maximum atomic E-state index is 14.3. The molecule has 22 heavy (non-hydrogen) atoms. The fourth-order valence-corrected chi connectivity index (χ4v) is 2.76. The summed E-state index contributed by atoms with van der Waals surface area (Å²) < 4.78 is 20.2. The first kappa shape index (κ1) is 14.8. The maximum absolute atomic E-state index is 14.3. The van der Waals surface area contributed by atoms with Crippen LogP contribution in [0.2, 0.25) is 0 Å². The Labute approximate surface area is 129 Å². The number of piperidine rings is 1. The smallest absolute Gasteiger partial charge is 0.151 e. The first-order chi connectivity index (χ1) is 10.8. The lowest BCUT2D eigenvalue weighted by atomic mass is 10.1. The predicted octanol–water partition coefficient (Wildman–Crippen LogP) is 2.76. The minimum atomic E-state index is -0.323. The Morgan fingerprint density at radius 2 is 2.05 bits per heavy atom. The summed E-state index contributed by atoms with van der Waals surface area (Å²) in [5.74, 6) is 0.450. The zero-order valence-electron chi connectivity index (χ0n) is 12.3. The molecule has 1 aromatic carbocycles. The van der Waals surface area contributed by atoms with Gasteiger partial charge in [0.15, 0.2) is 5.82 Å². The van der Waals surface area contributed by atoms with Gasteiger partial charge in [0.25, 0.3) is 0 Å². The number of halogens is 1. The minimum Gasteiger partial charge on any atom is -0.489 e. The van der Waals surface area contributed by atoms with Crippen molar-refractivity contribution in [1.29, 1.82) is 0 Å². The normalized spacial score (nSPS) is 15.8. The van der Waals surface area contributed by atoms with Crippen molar-refractivity contribution in [2.45, 2.75) is 25.6 Å². The molecule has 0 bridgehead atoms. The Morgan fingerprint density at radius 1 is 1.23 bits per heavy atom. The van der Waals surface area contributed by atoms with Crippen molar-refractivity contribution in [3.63, 3.8) is 0 Å². The van der Waals surface area contributed by atoms with Gasteiger partial charge in [0.05, 0.1) is 18.5 Å². The van der Waals surface area contributed by atoms with Crippen LogP contribution in [0, 0.1) is 5.82 Å². The molecule has 2 aromatic rings. The molecule has 116 valence electrons. The van der Waals surface area contributed by atoms with Crippen molar-refractivity contribution in [3.05, 3.63) is 54.1 Å². The highest BCUT2D eigenvalue weighted by Gasteiger charge is 2.23. The van der Waals surface area contributed by atoms with Gasteiger partial charge in [-0.1, -0.05) is 12.1 Å². The molecule has 1 N–H and O–H groups in total. The Hall–Kier alpha value is -2.14. The second-order valence-electron chi connectivity index (χ2n) is 5.40. The Balaban J connectivity index is 1.62. The Kier molecular flexibility index (Phi) is 4.53. The number of benzene rings is 1. The van der Waals surface area contributed by atoms with Gasteiger partial charge in [0.1, 0.15) is 11.9 Å². The quantitative estimate of drug-likeness (QED) is 0.943. The summed E-state index contributed by atoms with van der Waals surface area (Å²) in [5, 5.41) is 9.16. The molecule has 0 amide bonds. The molecule has 2 heterocycles. The molecule has 4 nitrogen and oxygen atoms in total. The van der Waals surface area contributed by atoms with E-state index >= 15 is 0 Å². The van der Waals surface area contributed by atoms with E-state index in [0.29, 0.717) is 11.3 Å². The Morgan fingerprint density at radius 3 is 2.73 bits per heavy atom. The number of anilines is 1. The summed E-state index contributed by atoms with van der Waals surface area (Å²) >= 11 is 0. The molecule has 0 unspecified atom stereocenters. The van der Waals surface area contributed by atoms with E-state index in [0.717, 1.165) is 31.7 Å². The first-order valence-electron chi connectivity index (χ1n) is 7.48. The average molecular weight is 302 g/mol. The summed E-state index contributed by atoms with van der Waals surface area (Å²) in [6.45, 7) is 1.19. The summed E-state index contributed by atoms with van der Waals surface area (Å²) in [6.07, 6.45) is 5.21. The molecule has 3 rings (SSSR count). The molecule has 0 radical (unpaired) electrons. The van der Waals surface area contributed by atoms with Gasteiger partial charge in [-0.15, -0.1) is 0 Å². The minimum absolute atomic E-state index is 0.129. The predicted molar refractivity (Wildman–Crippen MR) is 82.4 cm³/mol. The average Bonchev–Trinajstić information content (AvgIpc) is 2.57. The maximum Gasteiger partial charge on any atom is 0.151 e. The number of nitrogens with zero attached hydrogens (tertiary/aromatic N) is 2. The van der Waals surface area contributed by atoms with Crippen LogP contribution in [-0.4, -0.2) is 29.3 Å². The third kappa shape index (κ3) is 3.20. The van der Waals surface area contributed by atoms with Crippen molar-refractivity contribution in [1.82, 2.24) is 4.98 Å². The number of aromatic nitrogens is 1. The molecule has 5 heteroatoms. The van der Waals surface area contributed by atoms with E-state index in [1.54, 1.807) is 30.6 Å². The van der Waals surface area contributed by atoms with Crippen LogP contribution in [0.4, 0.5) is 10.1 Å². The highest BCUT2D eigenvalue weighted by molar-refractivity contribution is 5.50. The first-order valence-corrected chi connectivity index (χ1v) is 7.48. The van der Waals surface area contributed by atoms with E-state index in [1.165, 1.54) is 0 Å². The summed E-state index contributed by atoms with van der Waals surface area (Å²) in [5.41, 5.74) is 0.901.